The van der Waals surface area contributed by atoms with Crippen LogP contribution in [0.3, 0.4) is 0 Å². The molecule has 0 amide bonds. The smallest absolute Gasteiger partial charge is 0.191 e. The van der Waals surface area contributed by atoms with Gasteiger partial charge >= 0.3 is 0 Å². The molecule has 132 valence electrons. The third-order valence-electron chi connectivity index (χ3n) is 4.45. The average Bonchev–Trinajstić information content (AvgIpc) is 2.67. The third-order valence-corrected chi connectivity index (χ3v) is 4.64. The number of hydrazone groups is 1. The van der Waals surface area contributed by atoms with Crippen LogP contribution < -0.4 is 10.7 Å². The van der Waals surface area contributed by atoms with Gasteiger partial charge in [0.1, 0.15) is 0 Å². The van der Waals surface area contributed by atoms with Crippen LogP contribution in [0.2, 0.25) is 0 Å². The fourth-order valence-corrected chi connectivity index (χ4v) is 3.40. The highest BCUT2D eigenvalue weighted by atomic mass is 32.1. The highest BCUT2D eigenvalue weighted by Crippen LogP contribution is 2.27. The standard InChI is InChI=1S/C23H19N3S/c1-16-7-6-10-19(13-16)25-23(27)26-24-15-22-20-11-4-2-8-17(20)14-18-9-3-5-12-21(18)22/h2-15H,1H3,(H2,25,26,27). The summed E-state index contributed by atoms with van der Waals surface area (Å²) in [6, 6.07) is 26.9. The summed E-state index contributed by atoms with van der Waals surface area (Å²) in [7, 11) is 0. The molecule has 4 aromatic carbocycles. The average molecular weight is 369 g/mol. The zero-order valence-corrected chi connectivity index (χ0v) is 15.8. The monoisotopic (exact) mass is 369 g/mol. The van der Waals surface area contributed by atoms with Crippen LogP contribution in [0, 0.1) is 6.92 Å². The molecular formula is C23H19N3S. The summed E-state index contributed by atoms with van der Waals surface area (Å²) in [4.78, 5) is 0. The fraction of sp³-hybridized carbons (Fsp3) is 0.0435. The molecule has 0 atom stereocenters. The maximum Gasteiger partial charge on any atom is 0.191 e. The van der Waals surface area contributed by atoms with Gasteiger partial charge in [0.2, 0.25) is 0 Å². The lowest BCUT2D eigenvalue weighted by Crippen LogP contribution is -2.23. The van der Waals surface area contributed by atoms with Crippen molar-refractivity contribution in [1.29, 1.82) is 0 Å². The minimum absolute atomic E-state index is 0.460. The Bertz CT molecular complexity index is 1110. The van der Waals surface area contributed by atoms with Crippen molar-refractivity contribution in [2.75, 3.05) is 5.32 Å². The predicted molar refractivity (Wildman–Crippen MR) is 120 cm³/mol. The highest BCUT2D eigenvalue weighted by molar-refractivity contribution is 7.80. The van der Waals surface area contributed by atoms with Crippen LogP contribution in [0.15, 0.2) is 84.0 Å². The van der Waals surface area contributed by atoms with Crippen molar-refractivity contribution in [2.24, 2.45) is 5.10 Å². The van der Waals surface area contributed by atoms with E-state index in [4.69, 9.17) is 12.2 Å². The predicted octanol–water partition coefficient (Wildman–Crippen LogP) is 5.62. The SMILES string of the molecule is Cc1cccc(NC(=S)NN=Cc2c3ccccc3cc3ccccc23)c1. The molecule has 0 fully saturated rings. The number of nitrogens with one attached hydrogen (secondary N) is 2. The van der Waals surface area contributed by atoms with E-state index in [9.17, 15) is 0 Å². The molecule has 27 heavy (non-hydrogen) atoms. The molecule has 0 radical (unpaired) electrons. The Morgan fingerprint density at radius 1 is 0.852 bits per heavy atom. The molecule has 0 unspecified atom stereocenters. The lowest BCUT2D eigenvalue weighted by molar-refractivity contribution is 1.05. The molecule has 4 rings (SSSR count). The van der Waals surface area contributed by atoms with Gasteiger partial charge in [-0.25, -0.2) is 0 Å². The number of aryl methyl sites for hydroxylation is 1. The maximum absolute atomic E-state index is 5.35. The first-order chi connectivity index (χ1) is 13.2. The molecule has 0 aliphatic carbocycles. The van der Waals surface area contributed by atoms with E-state index in [1.807, 2.05) is 49.5 Å². The quantitative estimate of drug-likeness (QED) is 0.213. The second-order valence-electron chi connectivity index (χ2n) is 6.43. The third kappa shape index (κ3) is 3.81. The lowest BCUT2D eigenvalue weighted by Gasteiger charge is -2.09. The molecule has 0 aromatic heterocycles. The summed E-state index contributed by atoms with van der Waals surface area (Å²) >= 11 is 5.35. The number of hydrogen-bond acceptors (Lipinski definition) is 2. The van der Waals surface area contributed by atoms with Gasteiger partial charge in [-0.1, -0.05) is 60.7 Å². The van der Waals surface area contributed by atoms with Crippen LogP contribution in [0.1, 0.15) is 11.1 Å². The molecule has 0 spiro atoms. The van der Waals surface area contributed by atoms with Crippen LogP contribution in [-0.4, -0.2) is 11.3 Å². The first-order valence-corrected chi connectivity index (χ1v) is 9.19. The van der Waals surface area contributed by atoms with Crippen molar-refractivity contribution in [3.63, 3.8) is 0 Å². The van der Waals surface area contributed by atoms with Gasteiger partial charge in [-0.3, -0.25) is 5.43 Å². The summed E-state index contributed by atoms with van der Waals surface area (Å²) in [5.74, 6) is 0. The van der Waals surface area contributed by atoms with Crippen molar-refractivity contribution >= 4 is 50.8 Å². The van der Waals surface area contributed by atoms with Crippen LogP contribution in [0.5, 0.6) is 0 Å². The molecule has 0 aliphatic heterocycles. The Morgan fingerprint density at radius 3 is 2.19 bits per heavy atom. The minimum Gasteiger partial charge on any atom is -0.331 e. The Balaban J connectivity index is 1.61. The minimum atomic E-state index is 0.460. The number of fused-ring (bicyclic) bond motifs is 2. The van der Waals surface area contributed by atoms with E-state index >= 15 is 0 Å². The first kappa shape index (κ1) is 17.2. The summed E-state index contributed by atoms with van der Waals surface area (Å²) < 4.78 is 0. The summed E-state index contributed by atoms with van der Waals surface area (Å²) in [5.41, 5.74) is 6.11. The molecule has 0 saturated carbocycles. The van der Waals surface area contributed by atoms with Gasteiger partial charge in [-0.05, 0) is 64.4 Å². The van der Waals surface area contributed by atoms with E-state index in [0.29, 0.717) is 5.11 Å². The van der Waals surface area contributed by atoms with Gasteiger partial charge in [-0.2, -0.15) is 5.10 Å². The van der Waals surface area contributed by atoms with E-state index in [1.54, 1.807) is 0 Å². The number of thiocarbonyl (C=S) groups is 1. The van der Waals surface area contributed by atoms with Gasteiger partial charge in [0.05, 0.1) is 6.21 Å². The van der Waals surface area contributed by atoms with Crippen LogP contribution in [0.4, 0.5) is 5.69 Å². The van der Waals surface area contributed by atoms with E-state index in [-0.39, 0.29) is 0 Å². The molecule has 4 aromatic rings. The Kier molecular flexibility index (Phi) is 4.81. The van der Waals surface area contributed by atoms with E-state index in [0.717, 1.165) is 11.3 Å². The molecule has 4 heteroatoms. The zero-order valence-electron chi connectivity index (χ0n) is 14.9. The number of nitrogens with zero attached hydrogens (tertiary/aromatic N) is 1. The summed E-state index contributed by atoms with van der Waals surface area (Å²) in [6.07, 6.45) is 1.84. The molecule has 0 aliphatic rings. The van der Waals surface area contributed by atoms with Gasteiger partial charge in [0.25, 0.3) is 0 Å². The van der Waals surface area contributed by atoms with Crippen molar-refractivity contribution in [2.45, 2.75) is 6.92 Å². The van der Waals surface area contributed by atoms with E-state index in [1.165, 1.54) is 27.1 Å². The van der Waals surface area contributed by atoms with Crippen molar-refractivity contribution in [3.8, 4) is 0 Å². The van der Waals surface area contributed by atoms with Crippen LogP contribution in [-0.2, 0) is 0 Å². The first-order valence-electron chi connectivity index (χ1n) is 8.78. The van der Waals surface area contributed by atoms with Gasteiger partial charge in [0, 0.05) is 11.3 Å². The molecule has 0 saturated heterocycles. The number of anilines is 1. The van der Waals surface area contributed by atoms with Gasteiger partial charge in [0.15, 0.2) is 5.11 Å². The maximum atomic E-state index is 5.35. The van der Waals surface area contributed by atoms with Gasteiger partial charge in [-0.15, -0.1) is 0 Å². The van der Waals surface area contributed by atoms with Crippen molar-refractivity contribution in [1.82, 2.24) is 5.43 Å². The number of rotatable bonds is 3. The second kappa shape index (κ2) is 7.56. The van der Waals surface area contributed by atoms with Crippen LogP contribution in [0.25, 0.3) is 21.5 Å². The Hall–Kier alpha value is -3.24. The Labute approximate surface area is 163 Å². The topological polar surface area (TPSA) is 36.4 Å². The summed E-state index contributed by atoms with van der Waals surface area (Å²) in [6.45, 7) is 2.05. The van der Waals surface area contributed by atoms with E-state index in [2.05, 4.69) is 58.3 Å². The van der Waals surface area contributed by atoms with Gasteiger partial charge < -0.3 is 5.32 Å². The second-order valence-corrected chi connectivity index (χ2v) is 6.83. The Morgan fingerprint density at radius 2 is 1.52 bits per heavy atom. The van der Waals surface area contributed by atoms with Crippen LogP contribution >= 0.6 is 12.2 Å². The van der Waals surface area contributed by atoms with Crippen molar-refractivity contribution < 1.29 is 0 Å². The molecular weight excluding hydrogens is 350 g/mol. The molecule has 0 bridgehead atoms. The van der Waals surface area contributed by atoms with Crippen molar-refractivity contribution in [3.05, 3.63) is 90.0 Å². The largest absolute Gasteiger partial charge is 0.331 e. The lowest BCUT2D eigenvalue weighted by atomic mass is 9.97. The molecule has 2 N–H and O–H groups in total. The summed E-state index contributed by atoms with van der Waals surface area (Å²) in [5, 5.41) is 12.7. The molecule has 3 nitrogen and oxygen atoms in total. The number of hydrogen-bond donors (Lipinski definition) is 2. The van der Waals surface area contributed by atoms with E-state index < -0.39 is 0 Å². The fourth-order valence-electron chi connectivity index (χ4n) is 3.23. The number of benzene rings is 4. The highest BCUT2D eigenvalue weighted by Gasteiger charge is 2.05. The normalized spacial score (nSPS) is 11.1. The zero-order chi connectivity index (χ0) is 18.6. The molecule has 0 heterocycles.